The Bertz CT molecular complexity index is 1040. The third-order valence-corrected chi connectivity index (χ3v) is 5.31. The smallest absolute Gasteiger partial charge is 0.363 e. The van der Waals surface area contributed by atoms with Crippen LogP contribution in [0, 0.1) is 3.57 Å². The topological polar surface area (TPSA) is 74.2 Å². The van der Waals surface area contributed by atoms with E-state index < -0.39 is 5.97 Å². The standard InChI is InChI=1S/C23H22INO5/c1-5-20(26)29-21-17(24)10-14(12-19(21)28-4)11-18-23(27)30-22(25-18)16-8-6-15(7-9-16)13(2)3/h6-13H,5H2,1-4H3/b18-11-. The first-order valence-electron chi connectivity index (χ1n) is 9.53. The van der Waals surface area contributed by atoms with Gasteiger partial charge in [-0.2, -0.15) is 0 Å². The summed E-state index contributed by atoms with van der Waals surface area (Å²) in [5.41, 5.74) is 2.81. The molecule has 1 aliphatic heterocycles. The summed E-state index contributed by atoms with van der Waals surface area (Å²) in [7, 11) is 1.49. The van der Waals surface area contributed by atoms with Crippen LogP contribution in [-0.4, -0.2) is 24.9 Å². The molecule has 0 saturated heterocycles. The highest BCUT2D eigenvalue weighted by molar-refractivity contribution is 14.1. The molecular weight excluding hydrogens is 497 g/mol. The quantitative estimate of drug-likeness (QED) is 0.230. The van der Waals surface area contributed by atoms with E-state index in [0.717, 1.165) is 5.56 Å². The molecule has 2 aromatic carbocycles. The van der Waals surface area contributed by atoms with Crippen molar-refractivity contribution in [2.24, 2.45) is 4.99 Å². The van der Waals surface area contributed by atoms with Crippen molar-refractivity contribution in [1.82, 2.24) is 0 Å². The van der Waals surface area contributed by atoms with E-state index in [1.54, 1.807) is 25.1 Å². The molecular formula is C23H22INO5. The number of carbonyl (C=O) groups is 2. The summed E-state index contributed by atoms with van der Waals surface area (Å²) >= 11 is 2.06. The van der Waals surface area contributed by atoms with Crippen LogP contribution in [0.25, 0.3) is 6.08 Å². The third-order valence-electron chi connectivity index (χ3n) is 4.50. The molecule has 2 aromatic rings. The normalized spacial score (nSPS) is 14.7. The van der Waals surface area contributed by atoms with Crippen LogP contribution in [0.1, 0.15) is 49.8 Å². The minimum Gasteiger partial charge on any atom is -0.493 e. The van der Waals surface area contributed by atoms with Crippen LogP contribution in [0.4, 0.5) is 0 Å². The average molecular weight is 519 g/mol. The number of nitrogens with zero attached hydrogens (tertiary/aromatic N) is 1. The molecule has 30 heavy (non-hydrogen) atoms. The van der Waals surface area contributed by atoms with Crippen molar-refractivity contribution in [3.63, 3.8) is 0 Å². The van der Waals surface area contributed by atoms with E-state index in [4.69, 9.17) is 14.2 Å². The van der Waals surface area contributed by atoms with E-state index in [-0.39, 0.29) is 24.0 Å². The van der Waals surface area contributed by atoms with Crippen LogP contribution in [0.2, 0.25) is 0 Å². The molecule has 0 aromatic heterocycles. The van der Waals surface area contributed by atoms with Gasteiger partial charge in [-0.05, 0) is 70.0 Å². The second-order valence-corrected chi connectivity index (χ2v) is 8.14. The highest BCUT2D eigenvalue weighted by Gasteiger charge is 2.24. The molecule has 0 bridgehead atoms. The van der Waals surface area contributed by atoms with Gasteiger partial charge in [0.25, 0.3) is 0 Å². The maximum absolute atomic E-state index is 12.3. The Morgan fingerprint density at radius 3 is 2.53 bits per heavy atom. The molecule has 0 spiro atoms. The maximum atomic E-state index is 12.3. The molecule has 0 unspecified atom stereocenters. The molecule has 1 aliphatic rings. The number of methoxy groups -OCH3 is 1. The van der Waals surface area contributed by atoms with E-state index >= 15 is 0 Å². The average Bonchev–Trinajstić information content (AvgIpc) is 3.09. The van der Waals surface area contributed by atoms with Crippen LogP contribution >= 0.6 is 22.6 Å². The van der Waals surface area contributed by atoms with Gasteiger partial charge < -0.3 is 14.2 Å². The number of cyclic esters (lactones) is 1. The van der Waals surface area contributed by atoms with E-state index in [1.165, 1.54) is 12.7 Å². The van der Waals surface area contributed by atoms with Crippen molar-refractivity contribution in [1.29, 1.82) is 0 Å². The first-order chi connectivity index (χ1) is 14.3. The van der Waals surface area contributed by atoms with Crippen LogP contribution < -0.4 is 9.47 Å². The molecule has 3 rings (SSSR count). The maximum Gasteiger partial charge on any atom is 0.363 e. The van der Waals surface area contributed by atoms with Crippen molar-refractivity contribution >= 4 is 46.5 Å². The molecule has 7 heteroatoms. The summed E-state index contributed by atoms with van der Waals surface area (Å²) in [6.07, 6.45) is 1.88. The number of benzene rings is 2. The summed E-state index contributed by atoms with van der Waals surface area (Å²) < 4.78 is 16.7. The van der Waals surface area contributed by atoms with Crippen LogP contribution in [0.15, 0.2) is 47.1 Å². The summed E-state index contributed by atoms with van der Waals surface area (Å²) in [6.45, 7) is 5.96. The molecule has 6 nitrogen and oxygen atoms in total. The van der Waals surface area contributed by atoms with Gasteiger partial charge in [-0.25, -0.2) is 9.79 Å². The SMILES string of the molecule is CCC(=O)Oc1c(I)cc(/C=C2\N=C(c3ccc(C(C)C)cc3)OC2=O)cc1OC. The molecule has 0 fully saturated rings. The minimum absolute atomic E-state index is 0.189. The molecule has 0 amide bonds. The Labute approximate surface area is 189 Å². The summed E-state index contributed by atoms with van der Waals surface area (Å²) in [4.78, 5) is 28.3. The van der Waals surface area contributed by atoms with Gasteiger partial charge in [0.2, 0.25) is 5.90 Å². The lowest BCUT2D eigenvalue weighted by Gasteiger charge is -2.11. The van der Waals surface area contributed by atoms with Crippen molar-refractivity contribution < 1.29 is 23.8 Å². The molecule has 0 atom stereocenters. The molecule has 0 radical (unpaired) electrons. The number of esters is 2. The van der Waals surface area contributed by atoms with Gasteiger partial charge in [0.1, 0.15) is 0 Å². The molecule has 0 N–H and O–H groups in total. The molecule has 1 heterocycles. The van der Waals surface area contributed by atoms with E-state index in [0.29, 0.717) is 26.6 Å². The summed E-state index contributed by atoms with van der Waals surface area (Å²) in [5, 5.41) is 0. The zero-order valence-electron chi connectivity index (χ0n) is 17.2. The first-order valence-corrected chi connectivity index (χ1v) is 10.6. The van der Waals surface area contributed by atoms with Crippen LogP contribution in [0.3, 0.4) is 0 Å². The lowest BCUT2D eigenvalue weighted by Crippen LogP contribution is -2.08. The number of aliphatic imine (C=N–C) groups is 1. The first kappa shape index (κ1) is 22.0. The monoisotopic (exact) mass is 519 g/mol. The van der Waals surface area contributed by atoms with Gasteiger partial charge in [0.05, 0.1) is 10.7 Å². The predicted molar refractivity (Wildman–Crippen MR) is 123 cm³/mol. The Morgan fingerprint density at radius 2 is 1.93 bits per heavy atom. The van der Waals surface area contributed by atoms with E-state index in [1.807, 2.05) is 24.3 Å². The number of carbonyl (C=O) groups excluding carboxylic acids is 2. The van der Waals surface area contributed by atoms with E-state index in [9.17, 15) is 9.59 Å². The third kappa shape index (κ3) is 4.89. The van der Waals surface area contributed by atoms with Gasteiger partial charge in [0, 0.05) is 12.0 Å². The number of ether oxygens (including phenoxy) is 3. The van der Waals surface area contributed by atoms with Gasteiger partial charge in [0.15, 0.2) is 17.2 Å². The van der Waals surface area contributed by atoms with Gasteiger partial charge >= 0.3 is 11.9 Å². The number of rotatable bonds is 6. The second-order valence-electron chi connectivity index (χ2n) is 6.97. The zero-order chi connectivity index (χ0) is 21.8. The highest BCUT2D eigenvalue weighted by atomic mass is 127. The van der Waals surface area contributed by atoms with Crippen LogP contribution in [0.5, 0.6) is 11.5 Å². The molecule has 0 saturated carbocycles. The van der Waals surface area contributed by atoms with Gasteiger partial charge in [-0.15, -0.1) is 0 Å². The Kier molecular flexibility index (Phi) is 6.91. The number of hydrogen-bond acceptors (Lipinski definition) is 6. The fourth-order valence-corrected chi connectivity index (χ4v) is 3.54. The number of halogens is 1. The number of hydrogen-bond donors (Lipinski definition) is 0. The Morgan fingerprint density at radius 1 is 1.23 bits per heavy atom. The van der Waals surface area contributed by atoms with E-state index in [2.05, 4.69) is 41.4 Å². The van der Waals surface area contributed by atoms with Gasteiger partial charge in [-0.3, -0.25) is 4.79 Å². The minimum atomic E-state index is -0.520. The Hall–Kier alpha value is -2.68. The summed E-state index contributed by atoms with van der Waals surface area (Å²) in [6, 6.07) is 11.3. The molecule has 156 valence electrons. The fourth-order valence-electron chi connectivity index (χ4n) is 2.81. The second kappa shape index (κ2) is 9.42. The highest BCUT2D eigenvalue weighted by Crippen LogP contribution is 2.35. The largest absolute Gasteiger partial charge is 0.493 e. The lowest BCUT2D eigenvalue weighted by molar-refractivity contribution is -0.134. The van der Waals surface area contributed by atoms with Crippen molar-refractivity contribution in [2.45, 2.75) is 33.1 Å². The fraction of sp³-hybridized carbons (Fsp3) is 0.261. The zero-order valence-corrected chi connectivity index (χ0v) is 19.3. The summed E-state index contributed by atoms with van der Waals surface area (Å²) in [5.74, 6) is 0.574. The Balaban J connectivity index is 1.91. The van der Waals surface area contributed by atoms with Crippen molar-refractivity contribution in [3.8, 4) is 11.5 Å². The molecule has 0 aliphatic carbocycles. The van der Waals surface area contributed by atoms with Crippen molar-refractivity contribution in [2.75, 3.05) is 7.11 Å². The predicted octanol–water partition coefficient (Wildman–Crippen LogP) is 5.08. The van der Waals surface area contributed by atoms with Gasteiger partial charge in [-0.1, -0.05) is 32.9 Å². The lowest BCUT2D eigenvalue weighted by atomic mass is 10.0. The van der Waals surface area contributed by atoms with Crippen molar-refractivity contribution in [3.05, 3.63) is 62.4 Å². The van der Waals surface area contributed by atoms with Crippen LogP contribution in [-0.2, 0) is 14.3 Å².